The predicted octanol–water partition coefficient (Wildman–Crippen LogP) is -0.221. The lowest BCUT2D eigenvalue weighted by Crippen LogP contribution is -2.66. The zero-order valence-corrected chi connectivity index (χ0v) is 12.4. The first kappa shape index (κ1) is 16.8. The topological polar surface area (TPSA) is 85.5 Å². The van der Waals surface area contributed by atoms with Crippen molar-refractivity contribution >= 4 is 16.9 Å². The van der Waals surface area contributed by atoms with Gasteiger partial charge in [-0.1, -0.05) is 11.8 Å². The Bertz CT molecular complexity index is 444. The van der Waals surface area contributed by atoms with Crippen LogP contribution in [0, 0.1) is 0 Å². The lowest BCUT2D eigenvalue weighted by molar-refractivity contribution is -0.317. The minimum absolute atomic E-state index is 0.476. The Morgan fingerprint density at radius 2 is 1.81 bits per heavy atom. The normalized spacial score (nSPS) is 39.5. The van der Waals surface area contributed by atoms with Gasteiger partial charge in [0.1, 0.15) is 29.8 Å². The van der Waals surface area contributed by atoms with Gasteiger partial charge in [-0.25, -0.2) is 0 Å². The first-order valence-electron chi connectivity index (χ1n) is 6.19. The molecule has 3 N–H and O–H groups in total. The van der Waals surface area contributed by atoms with Crippen LogP contribution in [0.3, 0.4) is 0 Å². The predicted molar refractivity (Wildman–Crippen MR) is 69.9 cm³/mol. The number of alkyl halides is 3. The van der Waals surface area contributed by atoms with Crippen molar-refractivity contribution in [3.05, 3.63) is 0 Å². The quantitative estimate of drug-likeness (QED) is 0.616. The lowest BCUT2D eigenvalue weighted by Gasteiger charge is -2.44. The first-order chi connectivity index (χ1) is 9.46. The Morgan fingerprint density at radius 3 is 2.29 bits per heavy atom. The average molecular weight is 330 g/mol. The minimum Gasteiger partial charge on any atom is -0.388 e. The van der Waals surface area contributed by atoms with Crippen LogP contribution >= 0.6 is 11.8 Å². The van der Waals surface area contributed by atoms with E-state index in [1.54, 1.807) is 19.0 Å². The number of aliphatic imine (C=N–C) groups is 1. The maximum Gasteiger partial charge on any atom is 0.419 e. The van der Waals surface area contributed by atoms with Crippen LogP contribution in [-0.2, 0) is 4.74 Å². The third kappa shape index (κ3) is 2.74. The molecule has 1 unspecified atom stereocenters. The molecule has 2 heterocycles. The van der Waals surface area contributed by atoms with Gasteiger partial charge in [0, 0.05) is 14.1 Å². The summed E-state index contributed by atoms with van der Waals surface area (Å²) in [6.45, 7) is 0.515. The Morgan fingerprint density at radius 1 is 1.24 bits per heavy atom. The number of amidine groups is 1. The molecule has 0 amide bonds. The second-order valence-corrected chi connectivity index (χ2v) is 6.53. The molecule has 2 aliphatic heterocycles. The fourth-order valence-corrected chi connectivity index (χ4v) is 3.33. The van der Waals surface area contributed by atoms with Crippen LogP contribution in [0.2, 0.25) is 0 Å². The number of nitrogens with zero attached hydrogens (tertiary/aromatic N) is 2. The van der Waals surface area contributed by atoms with Crippen molar-refractivity contribution in [3.63, 3.8) is 0 Å². The Balaban J connectivity index is 2.25. The van der Waals surface area contributed by atoms with Crippen molar-refractivity contribution in [2.75, 3.05) is 14.1 Å². The van der Waals surface area contributed by atoms with E-state index in [9.17, 15) is 28.5 Å². The summed E-state index contributed by atoms with van der Waals surface area (Å²) in [5.74, 6) is 0. The van der Waals surface area contributed by atoms with Gasteiger partial charge < -0.3 is 25.0 Å². The van der Waals surface area contributed by atoms with Crippen LogP contribution < -0.4 is 0 Å². The third-order valence-corrected chi connectivity index (χ3v) is 4.86. The molecule has 0 aromatic rings. The summed E-state index contributed by atoms with van der Waals surface area (Å²) in [5.41, 5.74) is -4.17. The fraction of sp³-hybridized carbons (Fsp3) is 0.909. The van der Waals surface area contributed by atoms with Crippen LogP contribution in [0.1, 0.15) is 6.92 Å². The summed E-state index contributed by atoms with van der Waals surface area (Å²) in [6, 6.07) is -0.873. The van der Waals surface area contributed by atoms with E-state index >= 15 is 0 Å². The second kappa shape index (κ2) is 5.27. The van der Waals surface area contributed by atoms with Crippen molar-refractivity contribution in [2.24, 2.45) is 4.99 Å². The molecule has 1 saturated heterocycles. The van der Waals surface area contributed by atoms with Gasteiger partial charge >= 0.3 is 6.18 Å². The molecule has 6 atom stereocenters. The van der Waals surface area contributed by atoms with Gasteiger partial charge in [0.25, 0.3) is 0 Å². The summed E-state index contributed by atoms with van der Waals surface area (Å²) in [7, 11) is 3.38. The van der Waals surface area contributed by atoms with Crippen LogP contribution in [0.4, 0.5) is 13.2 Å². The number of aliphatic hydroxyl groups excluding tert-OH is 2. The fourth-order valence-electron chi connectivity index (χ4n) is 2.19. The third-order valence-electron chi connectivity index (χ3n) is 3.56. The highest BCUT2D eigenvalue weighted by Gasteiger charge is 2.62. The molecule has 0 spiro atoms. The van der Waals surface area contributed by atoms with Crippen molar-refractivity contribution in [1.82, 2.24) is 4.90 Å². The van der Waals surface area contributed by atoms with Crippen LogP contribution in [0.15, 0.2) is 4.99 Å². The molecule has 0 aliphatic carbocycles. The van der Waals surface area contributed by atoms with Crippen molar-refractivity contribution < 1.29 is 33.2 Å². The van der Waals surface area contributed by atoms with E-state index in [1.165, 1.54) is 0 Å². The summed E-state index contributed by atoms with van der Waals surface area (Å²) in [5, 5.41) is 30.0. The van der Waals surface area contributed by atoms with Gasteiger partial charge in [0.05, 0.1) is 0 Å². The van der Waals surface area contributed by atoms with Crippen LogP contribution in [-0.4, -0.2) is 81.0 Å². The van der Waals surface area contributed by atoms with E-state index in [2.05, 4.69) is 4.99 Å². The molecule has 2 aliphatic rings. The van der Waals surface area contributed by atoms with E-state index < -0.39 is 41.6 Å². The Hall–Kier alpha value is -0.550. The molecule has 0 radical (unpaired) electrons. The number of rotatable bonds is 1. The second-order valence-electron chi connectivity index (χ2n) is 5.47. The molecular weight excluding hydrogens is 313 g/mol. The van der Waals surface area contributed by atoms with E-state index in [4.69, 9.17) is 4.74 Å². The highest BCUT2D eigenvalue weighted by Crippen LogP contribution is 2.43. The zero-order chi connectivity index (χ0) is 16.2. The van der Waals surface area contributed by atoms with E-state index in [1.807, 2.05) is 0 Å². The molecule has 0 saturated carbocycles. The highest BCUT2D eigenvalue weighted by atomic mass is 32.2. The largest absolute Gasteiger partial charge is 0.419 e. The number of fused-ring (bicyclic) bond motifs is 1. The number of hydrogen-bond acceptors (Lipinski definition) is 7. The van der Waals surface area contributed by atoms with Gasteiger partial charge in [-0.15, -0.1) is 0 Å². The van der Waals surface area contributed by atoms with Crippen molar-refractivity contribution in [1.29, 1.82) is 0 Å². The maximum absolute atomic E-state index is 12.9. The first-order valence-corrected chi connectivity index (χ1v) is 7.07. The number of hydrogen-bond donors (Lipinski definition) is 3. The van der Waals surface area contributed by atoms with Gasteiger partial charge in [0.2, 0.25) is 0 Å². The lowest BCUT2D eigenvalue weighted by atomic mass is 9.87. The van der Waals surface area contributed by atoms with Crippen molar-refractivity contribution in [3.8, 4) is 0 Å². The summed E-state index contributed by atoms with van der Waals surface area (Å²) in [4.78, 5) is 5.75. The van der Waals surface area contributed by atoms with Crippen LogP contribution in [0.25, 0.3) is 0 Å². The van der Waals surface area contributed by atoms with Crippen LogP contribution in [0.5, 0.6) is 0 Å². The molecule has 10 heteroatoms. The van der Waals surface area contributed by atoms with Gasteiger partial charge in [-0.05, 0) is 6.92 Å². The number of halogens is 3. The summed E-state index contributed by atoms with van der Waals surface area (Å²) < 4.78 is 43.9. The van der Waals surface area contributed by atoms with Gasteiger partial charge in [0.15, 0.2) is 10.8 Å². The molecule has 1 fully saturated rings. The van der Waals surface area contributed by atoms with E-state index in [0.29, 0.717) is 12.1 Å². The van der Waals surface area contributed by atoms with Crippen molar-refractivity contribution in [2.45, 2.75) is 48.5 Å². The number of aliphatic hydroxyl groups is 3. The maximum atomic E-state index is 12.9. The molecule has 6 nitrogen and oxygen atoms in total. The van der Waals surface area contributed by atoms with E-state index in [0.717, 1.165) is 11.8 Å². The SMILES string of the molecule is CN(C)C1=N[C@@H]2[C@@H](O)[C@H](O)[C@@H](C(C)(O)C(F)(F)F)O[C@@H]2S1. The number of thioether (sulfide) groups is 1. The monoisotopic (exact) mass is 330 g/mol. The standard InChI is InChI=1S/C11H17F3N2O4S/c1-10(19,11(12,13)14)7-6(18)5(17)4-8(20-7)21-9(15-4)16(2)3/h4-8,17-19H,1-3H3/t4-,5-,6+,7+,8-,10?/m1/s1. The Labute approximate surface area is 123 Å². The molecule has 21 heavy (non-hydrogen) atoms. The molecule has 0 aromatic heterocycles. The average Bonchev–Trinajstić information content (AvgIpc) is 2.76. The van der Waals surface area contributed by atoms with E-state index in [-0.39, 0.29) is 0 Å². The molecule has 0 bridgehead atoms. The molecular formula is C11H17F3N2O4S. The number of ether oxygens (including phenoxy) is 1. The molecule has 2 rings (SSSR count). The molecule has 122 valence electrons. The zero-order valence-electron chi connectivity index (χ0n) is 11.6. The summed E-state index contributed by atoms with van der Waals surface area (Å²) >= 11 is 1.04. The smallest absolute Gasteiger partial charge is 0.388 e. The highest BCUT2D eigenvalue weighted by molar-refractivity contribution is 8.14. The molecule has 0 aromatic carbocycles. The van der Waals surface area contributed by atoms with Gasteiger partial charge in [-0.2, -0.15) is 13.2 Å². The Kier molecular flexibility index (Phi) is 4.22. The minimum atomic E-state index is -5.00. The summed E-state index contributed by atoms with van der Waals surface area (Å²) in [6.07, 6.45) is -10.4. The van der Waals surface area contributed by atoms with Gasteiger partial charge in [-0.3, -0.25) is 4.99 Å².